The van der Waals surface area contributed by atoms with E-state index in [1.807, 2.05) is 6.92 Å². The quantitative estimate of drug-likeness (QED) is 0.166. The Hall–Kier alpha value is -0.120. The summed E-state index contributed by atoms with van der Waals surface area (Å²) in [7, 11) is 1.78. The second kappa shape index (κ2) is 20.2. The molecule has 1 unspecified atom stereocenters. The van der Waals surface area contributed by atoms with Crippen LogP contribution in [0.1, 0.15) is 47.0 Å². The van der Waals surface area contributed by atoms with Crippen LogP contribution in [-0.4, -0.2) is 65.2 Å². The summed E-state index contributed by atoms with van der Waals surface area (Å²) in [6, 6.07) is 0. The number of guanidine groups is 1. The Morgan fingerprint density at radius 3 is 2.16 bits per heavy atom. The third-order valence-electron chi connectivity index (χ3n) is 3.62. The molecule has 0 spiro atoms. The van der Waals surface area contributed by atoms with Gasteiger partial charge in [0.2, 0.25) is 0 Å². The number of aliphatic imine (C=N–C) groups is 1. The second-order valence-corrected chi connectivity index (χ2v) is 6.03. The van der Waals surface area contributed by atoms with Gasteiger partial charge in [0.15, 0.2) is 5.96 Å². The van der Waals surface area contributed by atoms with Crippen LogP contribution in [0.3, 0.4) is 0 Å². The minimum Gasteiger partial charge on any atom is -0.379 e. The number of nitrogens with one attached hydrogen (secondary N) is 2. The molecule has 0 aromatic carbocycles. The van der Waals surface area contributed by atoms with Crippen molar-refractivity contribution in [3.05, 3.63) is 0 Å². The van der Waals surface area contributed by atoms with Gasteiger partial charge in [0.25, 0.3) is 0 Å². The average Bonchev–Trinajstić information content (AvgIpc) is 2.57. The van der Waals surface area contributed by atoms with Gasteiger partial charge in [-0.2, -0.15) is 0 Å². The third kappa shape index (κ3) is 17.1. The van der Waals surface area contributed by atoms with Gasteiger partial charge in [0.05, 0.1) is 25.9 Å². The van der Waals surface area contributed by atoms with E-state index in [0.29, 0.717) is 25.7 Å². The number of hydrogen-bond acceptors (Lipinski definition) is 4. The minimum atomic E-state index is 0. The lowest BCUT2D eigenvalue weighted by atomic mass is 10.0. The molecular weight excluding hydrogens is 433 g/mol. The standard InChI is InChI=1S/C18H39N3O3.HI/c1-6-8-12-22-14-15-23-13-11-21-18(19-5)20-10-9-17(16(3)4)24-7-2;/h16-17H,6-15H2,1-5H3,(H2,19,20,21);1H. The summed E-state index contributed by atoms with van der Waals surface area (Å²) in [5.74, 6) is 1.33. The first-order valence-corrected chi connectivity index (χ1v) is 9.37. The molecule has 0 fully saturated rings. The van der Waals surface area contributed by atoms with Gasteiger partial charge in [-0.25, -0.2) is 0 Å². The van der Waals surface area contributed by atoms with Gasteiger partial charge in [0.1, 0.15) is 0 Å². The molecule has 0 aromatic heterocycles. The van der Waals surface area contributed by atoms with Crippen LogP contribution >= 0.6 is 24.0 Å². The molecule has 0 amide bonds. The maximum Gasteiger partial charge on any atom is 0.191 e. The molecule has 0 saturated carbocycles. The van der Waals surface area contributed by atoms with Crippen LogP contribution in [0.5, 0.6) is 0 Å². The van der Waals surface area contributed by atoms with Crippen LogP contribution in [0.2, 0.25) is 0 Å². The highest BCUT2D eigenvalue weighted by Crippen LogP contribution is 2.09. The monoisotopic (exact) mass is 473 g/mol. The molecular formula is C18H40IN3O3. The van der Waals surface area contributed by atoms with Crippen LogP contribution in [0.15, 0.2) is 4.99 Å². The zero-order chi connectivity index (χ0) is 18.0. The molecule has 152 valence electrons. The van der Waals surface area contributed by atoms with Gasteiger partial charge >= 0.3 is 0 Å². The summed E-state index contributed by atoms with van der Waals surface area (Å²) in [6.07, 6.45) is 3.54. The summed E-state index contributed by atoms with van der Waals surface area (Å²) in [4.78, 5) is 4.22. The van der Waals surface area contributed by atoms with E-state index in [1.165, 1.54) is 6.42 Å². The van der Waals surface area contributed by atoms with Gasteiger partial charge in [-0.1, -0.05) is 27.2 Å². The fraction of sp³-hybridized carbons (Fsp3) is 0.944. The van der Waals surface area contributed by atoms with Crippen molar-refractivity contribution in [3.8, 4) is 0 Å². The molecule has 0 radical (unpaired) electrons. The summed E-state index contributed by atoms with van der Waals surface area (Å²) < 4.78 is 16.7. The molecule has 2 N–H and O–H groups in total. The number of ether oxygens (including phenoxy) is 3. The molecule has 0 saturated heterocycles. The van der Waals surface area contributed by atoms with E-state index in [9.17, 15) is 0 Å². The third-order valence-corrected chi connectivity index (χ3v) is 3.62. The molecule has 0 aromatic rings. The lowest BCUT2D eigenvalue weighted by molar-refractivity contribution is 0.0258. The van der Waals surface area contributed by atoms with Crippen LogP contribution in [0.4, 0.5) is 0 Å². The van der Waals surface area contributed by atoms with Gasteiger partial charge < -0.3 is 24.8 Å². The summed E-state index contributed by atoms with van der Waals surface area (Å²) in [5.41, 5.74) is 0. The average molecular weight is 473 g/mol. The molecule has 0 aliphatic heterocycles. The van der Waals surface area contributed by atoms with E-state index in [2.05, 4.69) is 36.4 Å². The summed E-state index contributed by atoms with van der Waals surface area (Å²) in [6.45, 7) is 13.7. The Bertz CT molecular complexity index is 305. The van der Waals surface area contributed by atoms with Crippen molar-refractivity contribution < 1.29 is 14.2 Å². The molecule has 1 atom stereocenters. The maximum atomic E-state index is 5.75. The Labute approximate surface area is 171 Å². The number of nitrogens with zero attached hydrogens (tertiary/aromatic N) is 1. The summed E-state index contributed by atoms with van der Waals surface area (Å²) in [5, 5.41) is 6.56. The van der Waals surface area contributed by atoms with Crippen molar-refractivity contribution in [2.45, 2.75) is 53.1 Å². The van der Waals surface area contributed by atoms with E-state index in [0.717, 1.165) is 45.1 Å². The first-order valence-electron chi connectivity index (χ1n) is 9.37. The molecule has 0 bridgehead atoms. The predicted octanol–water partition coefficient (Wildman–Crippen LogP) is 3.05. The lowest BCUT2D eigenvalue weighted by Gasteiger charge is -2.21. The Kier molecular flexibility index (Phi) is 21.9. The SMILES string of the molecule is CCCCOCCOCCNC(=NC)NCCC(OCC)C(C)C.I. The van der Waals surface area contributed by atoms with Crippen molar-refractivity contribution in [2.75, 3.05) is 53.2 Å². The number of rotatable bonds is 15. The van der Waals surface area contributed by atoms with Gasteiger partial charge in [0, 0.05) is 33.4 Å². The van der Waals surface area contributed by atoms with Gasteiger partial charge in [-0.3, -0.25) is 4.99 Å². The van der Waals surface area contributed by atoms with Crippen LogP contribution in [0.25, 0.3) is 0 Å². The number of halogens is 1. The molecule has 0 heterocycles. The van der Waals surface area contributed by atoms with Crippen LogP contribution in [0, 0.1) is 5.92 Å². The number of unbranched alkanes of at least 4 members (excludes halogenated alkanes) is 1. The maximum absolute atomic E-state index is 5.75. The second-order valence-electron chi connectivity index (χ2n) is 6.03. The van der Waals surface area contributed by atoms with Crippen molar-refractivity contribution in [1.82, 2.24) is 10.6 Å². The Morgan fingerprint density at radius 1 is 0.960 bits per heavy atom. The van der Waals surface area contributed by atoms with Crippen molar-refractivity contribution in [2.24, 2.45) is 10.9 Å². The zero-order valence-corrected chi connectivity index (χ0v) is 19.1. The van der Waals surface area contributed by atoms with E-state index in [-0.39, 0.29) is 30.1 Å². The fourth-order valence-electron chi connectivity index (χ4n) is 2.19. The topological polar surface area (TPSA) is 64.1 Å². The molecule has 25 heavy (non-hydrogen) atoms. The van der Waals surface area contributed by atoms with Crippen molar-refractivity contribution >= 4 is 29.9 Å². The molecule has 6 nitrogen and oxygen atoms in total. The highest BCUT2D eigenvalue weighted by molar-refractivity contribution is 14.0. The number of hydrogen-bond donors (Lipinski definition) is 2. The van der Waals surface area contributed by atoms with E-state index in [4.69, 9.17) is 14.2 Å². The van der Waals surface area contributed by atoms with E-state index < -0.39 is 0 Å². The largest absolute Gasteiger partial charge is 0.379 e. The van der Waals surface area contributed by atoms with E-state index in [1.54, 1.807) is 7.05 Å². The first-order chi connectivity index (χ1) is 11.7. The minimum absolute atomic E-state index is 0. The van der Waals surface area contributed by atoms with Gasteiger partial charge in [-0.05, 0) is 25.7 Å². The summed E-state index contributed by atoms with van der Waals surface area (Å²) >= 11 is 0. The van der Waals surface area contributed by atoms with Gasteiger partial charge in [-0.15, -0.1) is 24.0 Å². The normalized spacial score (nSPS) is 12.8. The van der Waals surface area contributed by atoms with Crippen molar-refractivity contribution in [3.63, 3.8) is 0 Å². The predicted molar refractivity (Wildman–Crippen MR) is 116 cm³/mol. The lowest BCUT2D eigenvalue weighted by Crippen LogP contribution is -2.40. The smallest absolute Gasteiger partial charge is 0.191 e. The van der Waals surface area contributed by atoms with Crippen LogP contribution < -0.4 is 10.6 Å². The highest BCUT2D eigenvalue weighted by Gasteiger charge is 2.12. The zero-order valence-electron chi connectivity index (χ0n) is 16.8. The van der Waals surface area contributed by atoms with Crippen LogP contribution in [-0.2, 0) is 14.2 Å². The first kappa shape index (κ1) is 27.1. The molecule has 0 aliphatic rings. The molecule has 0 aliphatic carbocycles. The Balaban J connectivity index is 0. The highest BCUT2D eigenvalue weighted by atomic mass is 127. The molecule has 7 heteroatoms. The Morgan fingerprint density at radius 2 is 1.60 bits per heavy atom. The van der Waals surface area contributed by atoms with E-state index >= 15 is 0 Å². The van der Waals surface area contributed by atoms with Crippen molar-refractivity contribution in [1.29, 1.82) is 0 Å². The molecule has 0 rings (SSSR count). The fourth-order valence-corrected chi connectivity index (χ4v) is 2.19.